The standard InChI is InChI=1S/C16H20O5/c1-4-5-10-21-15(18)11(2)14(17)12-6-8-13(9-7-12)16(19)20-3/h6-9,14,17H,2,4-5,10H2,1,3H3. The summed E-state index contributed by atoms with van der Waals surface area (Å²) >= 11 is 0. The van der Waals surface area contributed by atoms with Gasteiger partial charge < -0.3 is 14.6 Å². The lowest BCUT2D eigenvalue weighted by Gasteiger charge is -2.13. The minimum absolute atomic E-state index is 0.0306. The van der Waals surface area contributed by atoms with Crippen LogP contribution >= 0.6 is 0 Å². The number of carbonyl (C=O) groups is 2. The van der Waals surface area contributed by atoms with Crippen LogP contribution in [0.4, 0.5) is 0 Å². The fourth-order valence-corrected chi connectivity index (χ4v) is 1.63. The molecule has 0 heterocycles. The van der Waals surface area contributed by atoms with E-state index in [2.05, 4.69) is 11.3 Å². The van der Waals surface area contributed by atoms with E-state index in [1.165, 1.54) is 19.2 Å². The molecule has 0 saturated heterocycles. The Labute approximate surface area is 124 Å². The van der Waals surface area contributed by atoms with E-state index in [9.17, 15) is 14.7 Å². The van der Waals surface area contributed by atoms with Gasteiger partial charge in [-0.2, -0.15) is 0 Å². The second-order valence-electron chi connectivity index (χ2n) is 4.53. The van der Waals surface area contributed by atoms with Gasteiger partial charge in [0.05, 0.1) is 24.9 Å². The van der Waals surface area contributed by atoms with Crippen LogP contribution in [0, 0.1) is 0 Å². The second kappa shape index (κ2) is 8.21. The van der Waals surface area contributed by atoms with Crippen molar-refractivity contribution in [1.82, 2.24) is 0 Å². The molecule has 5 heteroatoms. The molecular weight excluding hydrogens is 272 g/mol. The molecular formula is C16H20O5. The Morgan fingerprint density at radius 1 is 1.29 bits per heavy atom. The molecule has 1 atom stereocenters. The molecule has 5 nitrogen and oxygen atoms in total. The number of esters is 2. The molecule has 1 rings (SSSR count). The number of hydrogen-bond acceptors (Lipinski definition) is 5. The van der Waals surface area contributed by atoms with Crippen LogP contribution in [0.15, 0.2) is 36.4 Å². The first-order valence-corrected chi connectivity index (χ1v) is 6.73. The van der Waals surface area contributed by atoms with Gasteiger partial charge in [0.25, 0.3) is 0 Å². The molecule has 0 fully saturated rings. The number of aliphatic hydroxyl groups is 1. The van der Waals surface area contributed by atoms with Gasteiger partial charge in [0.2, 0.25) is 0 Å². The summed E-state index contributed by atoms with van der Waals surface area (Å²) in [7, 11) is 1.29. The molecule has 1 aromatic rings. The highest BCUT2D eigenvalue weighted by molar-refractivity contribution is 5.90. The van der Waals surface area contributed by atoms with Crippen LogP contribution in [-0.2, 0) is 14.3 Å². The van der Waals surface area contributed by atoms with E-state index in [0.29, 0.717) is 17.7 Å². The largest absolute Gasteiger partial charge is 0.465 e. The quantitative estimate of drug-likeness (QED) is 0.474. The predicted octanol–water partition coefficient (Wildman–Crippen LogP) is 2.41. The van der Waals surface area contributed by atoms with Gasteiger partial charge in [0, 0.05) is 0 Å². The number of unbranched alkanes of at least 4 members (excludes halogenated alkanes) is 1. The van der Waals surface area contributed by atoms with E-state index in [1.807, 2.05) is 6.92 Å². The van der Waals surface area contributed by atoms with E-state index in [0.717, 1.165) is 12.8 Å². The molecule has 0 aromatic heterocycles. The molecule has 0 aliphatic rings. The van der Waals surface area contributed by atoms with E-state index in [1.54, 1.807) is 12.1 Å². The van der Waals surface area contributed by atoms with Crippen molar-refractivity contribution in [3.05, 3.63) is 47.5 Å². The summed E-state index contributed by atoms with van der Waals surface area (Å²) in [6.07, 6.45) is 0.520. The van der Waals surface area contributed by atoms with Crippen molar-refractivity contribution in [3.8, 4) is 0 Å². The number of hydrogen-bond donors (Lipinski definition) is 1. The fourth-order valence-electron chi connectivity index (χ4n) is 1.63. The highest BCUT2D eigenvalue weighted by Crippen LogP contribution is 2.22. The molecule has 0 amide bonds. The van der Waals surface area contributed by atoms with Gasteiger partial charge in [-0.05, 0) is 24.1 Å². The van der Waals surface area contributed by atoms with Crippen molar-refractivity contribution in [3.63, 3.8) is 0 Å². The third-order valence-electron chi connectivity index (χ3n) is 2.97. The van der Waals surface area contributed by atoms with E-state index in [4.69, 9.17) is 4.74 Å². The maximum absolute atomic E-state index is 11.7. The Hall–Kier alpha value is -2.14. The van der Waals surface area contributed by atoms with Crippen LogP contribution < -0.4 is 0 Å². The molecule has 0 aliphatic heterocycles. The Morgan fingerprint density at radius 3 is 2.43 bits per heavy atom. The summed E-state index contributed by atoms with van der Waals surface area (Å²) in [5, 5.41) is 10.1. The molecule has 1 unspecified atom stereocenters. The molecule has 21 heavy (non-hydrogen) atoms. The zero-order valence-corrected chi connectivity index (χ0v) is 12.3. The lowest BCUT2D eigenvalue weighted by molar-refractivity contribution is -0.140. The lowest BCUT2D eigenvalue weighted by Crippen LogP contribution is -2.14. The number of carbonyl (C=O) groups excluding carboxylic acids is 2. The summed E-state index contributed by atoms with van der Waals surface area (Å²) in [4.78, 5) is 23.0. The molecule has 1 N–H and O–H groups in total. The molecule has 114 valence electrons. The highest BCUT2D eigenvalue weighted by atomic mass is 16.5. The summed E-state index contributed by atoms with van der Waals surface area (Å²) in [6, 6.07) is 6.11. The smallest absolute Gasteiger partial charge is 0.337 e. The monoisotopic (exact) mass is 292 g/mol. The van der Waals surface area contributed by atoms with Gasteiger partial charge in [0.15, 0.2) is 0 Å². The third-order valence-corrected chi connectivity index (χ3v) is 2.97. The summed E-state index contributed by atoms with van der Waals surface area (Å²) in [6.45, 7) is 5.86. The average molecular weight is 292 g/mol. The minimum Gasteiger partial charge on any atom is -0.465 e. The zero-order valence-electron chi connectivity index (χ0n) is 12.3. The fraction of sp³-hybridized carbons (Fsp3) is 0.375. The molecule has 0 aliphatic carbocycles. The molecule has 0 spiro atoms. The number of benzene rings is 1. The van der Waals surface area contributed by atoms with Crippen molar-refractivity contribution in [2.24, 2.45) is 0 Å². The van der Waals surface area contributed by atoms with Crippen LogP contribution in [0.2, 0.25) is 0 Å². The normalized spacial score (nSPS) is 11.6. The van der Waals surface area contributed by atoms with Crippen molar-refractivity contribution in [2.45, 2.75) is 25.9 Å². The highest BCUT2D eigenvalue weighted by Gasteiger charge is 2.20. The van der Waals surface area contributed by atoms with Crippen LogP contribution in [0.3, 0.4) is 0 Å². The number of methoxy groups -OCH3 is 1. The average Bonchev–Trinajstić information content (AvgIpc) is 2.52. The third kappa shape index (κ3) is 4.72. The molecule has 0 radical (unpaired) electrons. The topological polar surface area (TPSA) is 72.8 Å². The van der Waals surface area contributed by atoms with Gasteiger partial charge in [-0.25, -0.2) is 9.59 Å². The van der Waals surface area contributed by atoms with Crippen molar-refractivity contribution in [2.75, 3.05) is 13.7 Å². The summed E-state index contributed by atoms with van der Waals surface area (Å²) < 4.78 is 9.58. The Morgan fingerprint density at radius 2 is 1.90 bits per heavy atom. The molecule has 0 bridgehead atoms. The van der Waals surface area contributed by atoms with Crippen molar-refractivity contribution >= 4 is 11.9 Å². The summed E-state index contributed by atoms with van der Waals surface area (Å²) in [5.74, 6) is -1.08. The summed E-state index contributed by atoms with van der Waals surface area (Å²) in [5.41, 5.74) is 0.793. The maximum atomic E-state index is 11.7. The number of ether oxygens (including phenoxy) is 2. The number of rotatable bonds is 7. The first-order chi connectivity index (χ1) is 10.0. The van der Waals surface area contributed by atoms with Crippen LogP contribution in [-0.4, -0.2) is 30.8 Å². The van der Waals surface area contributed by atoms with Crippen LogP contribution in [0.25, 0.3) is 0 Å². The SMILES string of the molecule is C=C(C(=O)OCCCC)C(O)c1ccc(C(=O)OC)cc1. The Balaban J connectivity index is 2.69. The lowest BCUT2D eigenvalue weighted by atomic mass is 10.0. The predicted molar refractivity (Wildman–Crippen MR) is 77.7 cm³/mol. The van der Waals surface area contributed by atoms with Crippen molar-refractivity contribution < 1.29 is 24.2 Å². The Kier molecular flexibility index (Phi) is 6.62. The number of aliphatic hydroxyl groups excluding tert-OH is 1. The van der Waals surface area contributed by atoms with Gasteiger partial charge in [-0.15, -0.1) is 0 Å². The molecule has 0 saturated carbocycles. The van der Waals surface area contributed by atoms with Gasteiger partial charge in [0.1, 0.15) is 6.10 Å². The van der Waals surface area contributed by atoms with Gasteiger partial charge in [-0.3, -0.25) is 0 Å². The van der Waals surface area contributed by atoms with Gasteiger partial charge in [-0.1, -0.05) is 32.1 Å². The second-order valence-corrected chi connectivity index (χ2v) is 4.53. The first kappa shape index (κ1) is 16.9. The maximum Gasteiger partial charge on any atom is 0.337 e. The van der Waals surface area contributed by atoms with Crippen LogP contribution in [0.5, 0.6) is 0 Å². The van der Waals surface area contributed by atoms with E-state index in [-0.39, 0.29) is 5.57 Å². The zero-order chi connectivity index (χ0) is 15.8. The van der Waals surface area contributed by atoms with E-state index < -0.39 is 18.0 Å². The molecule has 1 aromatic carbocycles. The first-order valence-electron chi connectivity index (χ1n) is 6.73. The van der Waals surface area contributed by atoms with Gasteiger partial charge >= 0.3 is 11.9 Å². The minimum atomic E-state index is -1.16. The Bertz CT molecular complexity index is 504. The van der Waals surface area contributed by atoms with Crippen LogP contribution in [0.1, 0.15) is 41.8 Å². The van der Waals surface area contributed by atoms with Crippen molar-refractivity contribution in [1.29, 1.82) is 0 Å². The van der Waals surface area contributed by atoms with E-state index >= 15 is 0 Å².